The molecule has 136 valence electrons. The van der Waals surface area contributed by atoms with Crippen molar-refractivity contribution >= 4 is 17.7 Å². The van der Waals surface area contributed by atoms with Crippen molar-refractivity contribution in [1.82, 2.24) is 25.5 Å². The van der Waals surface area contributed by atoms with E-state index in [2.05, 4.69) is 26.9 Å². The SMILES string of the molecule is COc1ccc(C)cc1-n1nnnc1SCC(=O)NC(C)(C#N)C1CC1. The zero-order chi connectivity index (χ0) is 18.7. The summed E-state index contributed by atoms with van der Waals surface area (Å²) in [5.41, 5.74) is 0.947. The lowest BCUT2D eigenvalue weighted by Crippen LogP contribution is -2.47. The Labute approximate surface area is 155 Å². The van der Waals surface area contributed by atoms with Crippen molar-refractivity contribution in [3.63, 3.8) is 0 Å². The molecule has 3 rings (SSSR count). The van der Waals surface area contributed by atoms with Crippen molar-refractivity contribution in [1.29, 1.82) is 5.26 Å². The molecule has 0 saturated heterocycles. The summed E-state index contributed by atoms with van der Waals surface area (Å²) < 4.78 is 6.93. The van der Waals surface area contributed by atoms with Crippen LogP contribution in [0.3, 0.4) is 0 Å². The van der Waals surface area contributed by atoms with Crippen LogP contribution in [-0.4, -0.2) is 44.5 Å². The van der Waals surface area contributed by atoms with E-state index < -0.39 is 5.54 Å². The maximum absolute atomic E-state index is 12.3. The molecule has 9 heteroatoms. The second-order valence-corrected chi connectivity index (χ2v) is 7.42. The highest BCUT2D eigenvalue weighted by molar-refractivity contribution is 7.99. The number of ether oxygens (including phenoxy) is 1. The zero-order valence-corrected chi connectivity index (χ0v) is 15.7. The fraction of sp³-hybridized carbons (Fsp3) is 0.471. The highest BCUT2D eigenvalue weighted by Crippen LogP contribution is 2.39. The lowest BCUT2D eigenvalue weighted by atomic mass is 9.98. The average Bonchev–Trinajstić information content (AvgIpc) is 3.39. The second-order valence-electron chi connectivity index (χ2n) is 6.47. The van der Waals surface area contributed by atoms with E-state index in [9.17, 15) is 10.1 Å². The number of hydrogen-bond acceptors (Lipinski definition) is 7. The second kappa shape index (κ2) is 7.33. The Hall–Kier alpha value is -2.60. The smallest absolute Gasteiger partial charge is 0.231 e. The number of carbonyl (C=O) groups is 1. The number of methoxy groups -OCH3 is 1. The molecule has 1 aliphatic carbocycles. The van der Waals surface area contributed by atoms with Crippen molar-refractivity contribution in [3.8, 4) is 17.5 Å². The van der Waals surface area contributed by atoms with Crippen LogP contribution in [0.4, 0.5) is 0 Å². The number of aryl methyl sites for hydroxylation is 1. The molecule has 1 atom stereocenters. The summed E-state index contributed by atoms with van der Waals surface area (Å²) in [5, 5.41) is 24.4. The zero-order valence-electron chi connectivity index (χ0n) is 14.9. The molecule has 1 N–H and O–H groups in total. The van der Waals surface area contributed by atoms with E-state index in [4.69, 9.17) is 4.74 Å². The number of carbonyl (C=O) groups excluding carboxylic acids is 1. The van der Waals surface area contributed by atoms with Gasteiger partial charge in [-0.25, -0.2) is 0 Å². The summed E-state index contributed by atoms with van der Waals surface area (Å²) in [6.07, 6.45) is 1.95. The summed E-state index contributed by atoms with van der Waals surface area (Å²) in [6.45, 7) is 3.74. The molecule has 1 amide bonds. The Balaban J connectivity index is 1.71. The van der Waals surface area contributed by atoms with Gasteiger partial charge in [0.05, 0.1) is 18.9 Å². The van der Waals surface area contributed by atoms with Crippen LogP contribution >= 0.6 is 11.8 Å². The van der Waals surface area contributed by atoms with Crippen LogP contribution < -0.4 is 10.1 Å². The number of nitriles is 1. The predicted molar refractivity (Wildman–Crippen MR) is 96.1 cm³/mol. The minimum atomic E-state index is -0.802. The monoisotopic (exact) mass is 372 g/mol. The average molecular weight is 372 g/mol. The molecule has 1 fully saturated rings. The van der Waals surface area contributed by atoms with Gasteiger partial charge < -0.3 is 10.1 Å². The molecule has 0 aliphatic heterocycles. The number of amides is 1. The summed E-state index contributed by atoms with van der Waals surface area (Å²) in [7, 11) is 1.58. The van der Waals surface area contributed by atoms with Crippen LogP contribution in [0.15, 0.2) is 23.4 Å². The maximum atomic E-state index is 12.3. The number of nitrogens with zero attached hydrogens (tertiary/aromatic N) is 5. The van der Waals surface area contributed by atoms with Gasteiger partial charge in [0.15, 0.2) is 0 Å². The van der Waals surface area contributed by atoms with Crippen molar-refractivity contribution in [2.24, 2.45) is 5.92 Å². The number of benzene rings is 1. The third-order valence-corrected chi connectivity index (χ3v) is 5.28. The van der Waals surface area contributed by atoms with Gasteiger partial charge in [-0.05, 0) is 60.7 Å². The van der Waals surface area contributed by atoms with Gasteiger partial charge in [0.2, 0.25) is 11.1 Å². The van der Waals surface area contributed by atoms with Gasteiger partial charge in [0, 0.05) is 0 Å². The topological polar surface area (TPSA) is 106 Å². The van der Waals surface area contributed by atoms with Gasteiger partial charge >= 0.3 is 0 Å². The van der Waals surface area contributed by atoms with Crippen molar-refractivity contribution in [3.05, 3.63) is 23.8 Å². The number of rotatable bonds is 7. The molecule has 1 saturated carbocycles. The van der Waals surface area contributed by atoms with Gasteiger partial charge in [0.25, 0.3) is 0 Å². The number of nitrogens with one attached hydrogen (secondary N) is 1. The quantitative estimate of drug-likeness (QED) is 0.740. The van der Waals surface area contributed by atoms with E-state index in [0.29, 0.717) is 16.6 Å². The molecule has 26 heavy (non-hydrogen) atoms. The molecule has 0 spiro atoms. The molecule has 1 aromatic heterocycles. The van der Waals surface area contributed by atoms with Crippen LogP contribution in [0.1, 0.15) is 25.3 Å². The lowest BCUT2D eigenvalue weighted by Gasteiger charge is -2.22. The van der Waals surface area contributed by atoms with Gasteiger partial charge in [-0.2, -0.15) is 9.94 Å². The fourth-order valence-electron chi connectivity index (χ4n) is 2.72. The highest BCUT2D eigenvalue weighted by Gasteiger charge is 2.42. The van der Waals surface area contributed by atoms with Gasteiger partial charge in [-0.15, -0.1) is 5.10 Å². The molecule has 1 unspecified atom stereocenters. The molecular formula is C17H20N6O2S. The molecule has 0 radical (unpaired) electrons. The molecule has 1 aliphatic rings. The van der Waals surface area contributed by atoms with Gasteiger partial charge in [-0.1, -0.05) is 17.8 Å². The third-order valence-electron chi connectivity index (χ3n) is 4.36. The molecule has 2 aromatic rings. The first-order valence-corrected chi connectivity index (χ1v) is 9.24. The molecular weight excluding hydrogens is 352 g/mol. The van der Waals surface area contributed by atoms with E-state index in [1.165, 1.54) is 11.8 Å². The minimum absolute atomic E-state index is 0.124. The number of thioether (sulfide) groups is 1. The number of tetrazole rings is 1. The van der Waals surface area contributed by atoms with Gasteiger partial charge in [0.1, 0.15) is 17.0 Å². The minimum Gasteiger partial charge on any atom is -0.494 e. The lowest BCUT2D eigenvalue weighted by molar-refractivity contribution is -0.119. The Morgan fingerprint density at radius 3 is 2.96 bits per heavy atom. The van der Waals surface area contributed by atoms with E-state index >= 15 is 0 Å². The molecule has 1 heterocycles. The summed E-state index contributed by atoms with van der Waals surface area (Å²) >= 11 is 1.21. The Morgan fingerprint density at radius 1 is 1.54 bits per heavy atom. The van der Waals surface area contributed by atoms with Crippen molar-refractivity contribution in [2.75, 3.05) is 12.9 Å². The number of aromatic nitrogens is 4. The Bertz CT molecular complexity index is 857. The van der Waals surface area contributed by atoms with E-state index in [-0.39, 0.29) is 17.6 Å². The van der Waals surface area contributed by atoms with Crippen LogP contribution in [0.5, 0.6) is 5.75 Å². The Morgan fingerprint density at radius 2 is 2.31 bits per heavy atom. The first-order chi connectivity index (χ1) is 12.5. The summed E-state index contributed by atoms with van der Waals surface area (Å²) in [4.78, 5) is 12.3. The van der Waals surface area contributed by atoms with Crippen molar-refractivity contribution < 1.29 is 9.53 Å². The van der Waals surface area contributed by atoms with Crippen LogP contribution in [-0.2, 0) is 4.79 Å². The third kappa shape index (κ3) is 3.80. The summed E-state index contributed by atoms with van der Waals surface area (Å²) in [5.74, 6) is 0.790. The molecule has 1 aromatic carbocycles. The largest absolute Gasteiger partial charge is 0.494 e. The standard InChI is InChI=1S/C17H20N6O2S/c1-11-4-7-14(25-3)13(8-11)23-16(20-21-22-23)26-9-15(24)19-17(2,10-18)12-5-6-12/h4,7-8,12H,5-6,9H2,1-3H3,(H,19,24). The van der Waals surface area contributed by atoms with Crippen molar-refractivity contribution in [2.45, 2.75) is 37.4 Å². The molecule has 0 bridgehead atoms. The normalized spacial score (nSPS) is 15.8. The summed E-state index contributed by atoms with van der Waals surface area (Å²) in [6, 6.07) is 7.92. The first-order valence-electron chi connectivity index (χ1n) is 8.25. The van der Waals surface area contributed by atoms with E-state index in [1.807, 2.05) is 25.1 Å². The Kier molecular flexibility index (Phi) is 5.13. The van der Waals surface area contributed by atoms with Crippen LogP contribution in [0, 0.1) is 24.2 Å². The van der Waals surface area contributed by atoms with Gasteiger partial charge in [-0.3, -0.25) is 4.79 Å². The van der Waals surface area contributed by atoms with Crippen LogP contribution in [0.25, 0.3) is 5.69 Å². The van der Waals surface area contributed by atoms with Crippen LogP contribution in [0.2, 0.25) is 0 Å². The van der Waals surface area contributed by atoms with E-state index in [0.717, 1.165) is 18.4 Å². The first kappa shape index (κ1) is 18.2. The number of hydrogen-bond donors (Lipinski definition) is 1. The molecule has 8 nitrogen and oxygen atoms in total. The predicted octanol–water partition coefficient (Wildman–Crippen LogP) is 1.88. The van der Waals surface area contributed by atoms with E-state index in [1.54, 1.807) is 18.7 Å². The fourth-order valence-corrected chi connectivity index (χ4v) is 3.41. The maximum Gasteiger partial charge on any atom is 0.231 e. The highest BCUT2D eigenvalue weighted by atomic mass is 32.2.